The molecule has 0 aliphatic carbocycles. The lowest BCUT2D eigenvalue weighted by molar-refractivity contribution is 0.425. The third kappa shape index (κ3) is 1.50. The summed E-state index contributed by atoms with van der Waals surface area (Å²) in [6.07, 6.45) is 0. The molecular formula is C12H11BN2O3. The Kier molecular flexibility index (Phi) is 2.36. The van der Waals surface area contributed by atoms with E-state index < -0.39 is 7.12 Å². The van der Waals surface area contributed by atoms with Crippen LogP contribution >= 0.6 is 0 Å². The number of aromatic nitrogens is 2. The first-order valence-corrected chi connectivity index (χ1v) is 5.60. The van der Waals surface area contributed by atoms with Crippen LogP contribution in [0.4, 0.5) is 0 Å². The maximum absolute atomic E-state index is 9.33. The lowest BCUT2D eigenvalue weighted by atomic mass is 9.79. The van der Waals surface area contributed by atoms with Gasteiger partial charge in [-0.2, -0.15) is 4.98 Å². The first-order chi connectivity index (χ1) is 8.58. The molecule has 0 aliphatic rings. The molecule has 0 amide bonds. The molecule has 5 nitrogen and oxygen atoms in total. The number of benzene rings is 1. The highest BCUT2D eigenvalue weighted by atomic mass is 16.4. The second kappa shape index (κ2) is 3.79. The van der Waals surface area contributed by atoms with Crippen LogP contribution in [0.2, 0.25) is 0 Å². The van der Waals surface area contributed by atoms with Crippen LogP contribution in [0.5, 0.6) is 0 Å². The fourth-order valence-electron chi connectivity index (χ4n) is 2.23. The number of hydrogen-bond acceptors (Lipinski definition) is 5. The standard InChI is InChI=1S/C12H11BN2O3/c1-6-10-8-4-3-5-9(13(16)17)11(8)18-12(10)15-7(2)14-6/h3-5,16-17H,1-2H3. The molecule has 0 atom stereocenters. The van der Waals surface area contributed by atoms with E-state index in [1.54, 1.807) is 19.1 Å². The topological polar surface area (TPSA) is 79.4 Å². The van der Waals surface area contributed by atoms with Gasteiger partial charge in [-0.25, -0.2) is 4.98 Å². The summed E-state index contributed by atoms with van der Waals surface area (Å²) in [6.45, 7) is 3.68. The zero-order chi connectivity index (χ0) is 12.9. The molecule has 2 N–H and O–H groups in total. The van der Waals surface area contributed by atoms with Crippen LogP contribution in [0.25, 0.3) is 22.1 Å². The SMILES string of the molecule is Cc1nc(C)c2c(n1)oc1c(B(O)O)cccc12. The molecule has 6 heteroatoms. The minimum absolute atomic E-state index is 0.336. The van der Waals surface area contributed by atoms with Gasteiger partial charge in [-0.1, -0.05) is 18.2 Å². The molecule has 0 spiro atoms. The predicted octanol–water partition coefficient (Wildman–Crippen LogP) is 0.673. The highest BCUT2D eigenvalue weighted by Crippen LogP contribution is 2.28. The van der Waals surface area contributed by atoms with Crippen LogP contribution in [0.1, 0.15) is 11.5 Å². The van der Waals surface area contributed by atoms with Crippen molar-refractivity contribution >= 4 is 34.7 Å². The van der Waals surface area contributed by atoms with E-state index in [0.717, 1.165) is 16.5 Å². The third-order valence-electron chi connectivity index (χ3n) is 2.96. The molecule has 18 heavy (non-hydrogen) atoms. The number of fused-ring (bicyclic) bond motifs is 3. The van der Waals surface area contributed by atoms with Crippen molar-refractivity contribution in [2.45, 2.75) is 13.8 Å². The van der Waals surface area contributed by atoms with E-state index in [1.807, 2.05) is 13.0 Å². The first-order valence-electron chi connectivity index (χ1n) is 5.60. The van der Waals surface area contributed by atoms with Crippen LogP contribution in [-0.2, 0) is 0 Å². The Balaban J connectivity index is 2.51. The lowest BCUT2D eigenvalue weighted by Gasteiger charge is -1.99. The number of hydrogen-bond donors (Lipinski definition) is 2. The fourth-order valence-corrected chi connectivity index (χ4v) is 2.23. The normalized spacial score (nSPS) is 11.3. The molecule has 90 valence electrons. The van der Waals surface area contributed by atoms with E-state index in [-0.39, 0.29) is 0 Å². The van der Waals surface area contributed by atoms with Crippen LogP contribution < -0.4 is 5.46 Å². The minimum atomic E-state index is -1.57. The Hall–Kier alpha value is -1.92. The summed E-state index contributed by atoms with van der Waals surface area (Å²) in [5, 5.41) is 20.3. The average Bonchev–Trinajstić information content (AvgIpc) is 2.65. The van der Waals surface area contributed by atoms with Crippen molar-refractivity contribution in [2.24, 2.45) is 0 Å². The molecule has 1 aromatic carbocycles. The molecule has 2 heterocycles. The molecule has 0 fully saturated rings. The summed E-state index contributed by atoms with van der Waals surface area (Å²) in [7, 11) is -1.57. The first kappa shape index (κ1) is 11.2. The van der Waals surface area contributed by atoms with Gasteiger partial charge in [0, 0.05) is 10.8 Å². The Morgan fingerprint density at radius 2 is 1.94 bits per heavy atom. The Morgan fingerprint density at radius 3 is 2.67 bits per heavy atom. The number of rotatable bonds is 1. The molecular weight excluding hydrogens is 231 g/mol. The van der Waals surface area contributed by atoms with Crippen LogP contribution in [0.15, 0.2) is 22.6 Å². The van der Waals surface area contributed by atoms with Gasteiger partial charge >= 0.3 is 7.12 Å². The van der Waals surface area contributed by atoms with Crippen molar-refractivity contribution in [1.82, 2.24) is 9.97 Å². The molecule has 0 bridgehead atoms. The van der Waals surface area contributed by atoms with Gasteiger partial charge in [0.15, 0.2) is 0 Å². The van der Waals surface area contributed by atoms with Crippen molar-refractivity contribution in [2.75, 3.05) is 0 Å². The van der Waals surface area contributed by atoms with Gasteiger partial charge in [0.1, 0.15) is 11.4 Å². The third-order valence-corrected chi connectivity index (χ3v) is 2.96. The monoisotopic (exact) mass is 242 g/mol. The quantitative estimate of drug-likeness (QED) is 0.613. The Bertz CT molecular complexity index is 752. The molecule has 0 radical (unpaired) electrons. The van der Waals surface area contributed by atoms with Gasteiger partial charge in [-0.05, 0) is 13.8 Å². The smallest absolute Gasteiger partial charge is 0.438 e. The fraction of sp³-hybridized carbons (Fsp3) is 0.167. The van der Waals surface area contributed by atoms with E-state index in [4.69, 9.17) is 4.42 Å². The molecule has 0 aliphatic heterocycles. The maximum atomic E-state index is 9.33. The van der Waals surface area contributed by atoms with Crippen molar-refractivity contribution in [1.29, 1.82) is 0 Å². The molecule has 3 aromatic rings. The van der Waals surface area contributed by atoms with E-state index in [9.17, 15) is 10.0 Å². The molecule has 0 saturated carbocycles. The Labute approximate surface area is 103 Å². The summed E-state index contributed by atoms with van der Waals surface area (Å²) >= 11 is 0. The molecule has 2 aromatic heterocycles. The van der Waals surface area contributed by atoms with E-state index in [2.05, 4.69) is 9.97 Å². The van der Waals surface area contributed by atoms with Gasteiger partial charge in [-0.3, -0.25) is 0 Å². The highest BCUT2D eigenvalue weighted by Gasteiger charge is 2.20. The van der Waals surface area contributed by atoms with Gasteiger partial charge < -0.3 is 14.5 Å². The number of furan rings is 1. The maximum Gasteiger partial charge on any atom is 0.492 e. The van der Waals surface area contributed by atoms with E-state index in [0.29, 0.717) is 22.6 Å². The minimum Gasteiger partial charge on any atom is -0.438 e. The number of para-hydroxylation sites is 1. The summed E-state index contributed by atoms with van der Waals surface area (Å²) in [5.41, 5.74) is 2.08. The lowest BCUT2D eigenvalue weighted by Crippen LogP contribution is -2.29. The molecule has 3 rings (SSSR count). The molecule has 0 saturated heterocycles. The van der Waals surface area contributed by atoms with Crippen molar-refractivity contribution < 1.29 is 14.5 Å². The largest absolute Gasteiger partial charge is 0.492 e. The van der Waals surface area contributed by atoms with E-state index >= 15 is 0 Å². The van der Waals surface area contributed by atoms with E-state index in [1.165, 1.54) is 0 Å². The molecule has 0 unspecified atom stereocenters. The van der Waals surface area contributed by atoms with Crippen LogP contribution in [0, 0.1) is 13.8 Å². The predicted molar refractivity (Wildman–Crippen MR) is 68.6 cm³/mol. The van der Waals surface area contributed by atoms with Gasteiger partial charge in [0.05, 0.1) is 11.1 Å². The van der Waals surface area contributed by atoms with Crippen LogP contribution in [-0.4, -0.2) is 27.1 Å². The average molecular weight is 242 g/mol. The van der Waals surface area contributed by atoms with Crippen molar-refractivity contribution in [3.8, 4) is 0 Å². The highest BCUT2D eigenvalue weighted by molar-refractivity contribution is 6.61. The van der Waals surface area contributed by atoms with Gasteiger partial charge in [-0.15, -0.1) is 0 Å². The Morgan fingerprint density at radius 1 is 1.17 bits per heavy atom. The summed E-state index contributed by atoms with van der Waals surface area (Å²) < 4.78 is 5.64. The summed E-state index contributed by atoms with van der Waals surface area (Å²) in [4.78, 5) is 8.54. The number of nitrogens with zero attached hydrogens (tertiary/aromatic N) is 2. The second-order valence-corrected chi connectivity index (χ2v) is 4.24. The van der Waals surface area contributed by atoms with Crippen molar-refractivity contribution in [3.05, 3.63) is 29.7 Å². The zero-order valence-electron chi connectivity index (χ0n) is 10.0. The summed E-state index contributed by atoms with van der Waals surface area (Å²) in [5.74, 6) is 0.630. The zero-order valence-corrected chi connectivity index (χ0v) is 10.0. The van der Waals surface area contributed by atoms with Crippen molar-refractivity contribution in [3.63, 3.8) is 0 Å². The van der Waals surface area contributed by atoms with Gasteiger partial charge in [0.25, 0.3) is 0 Å². The second-order valence-electron chi connectivity index (χ2n) is 4.24. The number of aryl methyl sites for hydroxylation is 2. The summed E-state index contributed by atoms with van der Waals surface area (Å²) in [6, 6.07) is 5.23. The van der Waals surface area contributed by atoms with Gasteiger partial charge in [0.2, 0.25) is 5.71 Å². The van der Waals surface area contributed by atoms with Crippen LogP contribution in [0.3, 0.4) is 0 Å².